The predicted octanol–water partition coefficient (Wildman–Crippen LogP) is 1.77. The summed E-state index contributed by atoms with van der Waals surface area (Å²) in [7, 11) is 0. The van der Waals surface area contributed by atoms with Crippen LogP contribution in [-0.2, 0) is 9.53 Å². The summed E-state index contributed by atoms with van der Waals surface area (Å²) in [5, 5.41) is 5.86. The van der Waals surface area contributed by atoms with Gasteiger partial charge in [0.05, 0.1) is 6.17 Å². The molecule has 2 fully saturated rings. The second-order valence-corrected chi connectivity index (χ2v) is 8.49. The van der Waals surface area contributed by atoms with Crippen molar-refractivity contribution < 1.29 is 19.1 Å². The van der Waals surface area contributed by atoms with Crippen molar-refractivity contribution in [3.63, 3.8) is 0 Å². The van der Waals surface area contributed by atoms with Crippen molar-refractivity contribution in [3.05, 3.63) is 29.8 Å². The molecule has 1 saturated heterocycles. The summed E-state index contributed by atoms with van der Waals surface area (Å²) in [6, 6.07) is 8.00. The molecule has 0 spiro atoms. The largest absolute Gasteiger partial charge is 0.492 e. The van der Waals surface area contributed by atoms with Crippen LogP contribution in [-0.4, -0.2) is 43.0 Å². The van der Waals surface area contributed by atoms with E-state index < -0.39 is 0 Å². The number of benzene rings is 1. The van der Waals surface area contributed by atoms with Crippen molar-refractivity contribution in [2.24, 2.45) is 5.92 Å². The number of hydrogen-bond donors (Lipinski definition) is 4. The number of amides is 2. The predicted molar refractivity (Wildman–Crippen MR) is 107 cm³/mol. The second kappa shape index (κ2) is 8.59. The summed E-state index contributed by atoms with van der Waals surface area (Å²) in [6.45, 7) is 4.21. The number of nitrogens with one attached hydrogen (secondary N) is 4. The van der Waals surface area contributed by atoms with Crippen LogP contribution < -0.4 is 26.2 Å². The van der Waals surface area contributed by atoms with E-state index in [4.69, 9.17) is 9.47 Å². The molecule has 2 amide bonds. The number of ether oxygens (including phenoxy) is 2. The molecule has 0 aromatic heterocycles. The summed E-state index contributed by atoms with van der Waals surface area (Å²) in [6.07, 6.45) is 3.02. The van der Waals surface area contributed by atoms with Gasteiger partial charge in [0.25, 0.3) is 0 Å². The van der Waals surface area contributed by atoms with Crippen LogP contribution in [0.4, 0.5) is 4.79 Å². The van der Waals surface area contributed by atoms with Gasteiger partial charge in [0, 0.05) is 17.6 Å². The molecule has 4 rings (SSSR count). The quantitative estimate of drug-likeness (QED) is 0.599. The van der Waals surface area contributed by atoms with E-state index >= 15 is 0 Å². The van der Waals surface area contributed by atoms with Crippen LogP contribution in [0.2, 0.25) is 0 Å². The maximum Gasteiger partial charge on any atom is 0.407 e. The third-order valence-electron chi connectivity index (χ3n) is 5.94. The molecule has 8 heteroatoms. The highest BCUT2D eigenvalue weighted by Crippen LogP contribution is 2.35. The zero-order valence-electron chi connectivity index (χ0n) is 16.9. The molecule has 4 N–H and O–H groups in total. The lowest BCUT2D eigenvalue weighted by Crippen LogP contribution is -2.46. The Labute approximate surface area is 171 Å². The summed E-state index contributed by atoms with van der Waals surface area (Å²) in [5.74, 6) is 0.919. The molecule has 1 aliphatic carbocycles. The smallest absolute Gasteiger partial charge is 0.407 e. The maximum atomic E-state index is 12.7. The van der Waals surface area contributed by atoms with E-state index in [0.717, 1.165) is 37.0 Å². The van der Waals surface area contributed by atoms with E-state index in [1.54, 1.807) is 0 Å². The Bertz CT molecular complexity index is 756. The first-order valence-corrected chi connectivity index (χ1v) is 10.5. The Morgan fingerprint density at radius 2 is 2.00 bits per heavy atom. The van der Waals surface area contributed by atoms with Crippen LogP contribution in [0, 0.1) is 5.92 Å². The molecule has 2 aliphatic heterocycles. The number of hydrogen-bond acceptors (Lipinski definition) is 6. The summed E-state index contributed by atoms with van der Waals surface area (Å²) in [5.41, 5.74) is 7.47. The molecular weight excluding hydrogens is 372 g/mol. The van der Waals surface area contributed by atoms with Gasteiger partial charge < -0.3 is 20.1 Å². The molecule has 3 aliphatic rings. The maximum absolute atomic E-state index is 12.7. The van der Waals surface area contributed by atoms with Crippen molar-refractivity contribution in [1.82, 2.24) is 21.5 Å². The zero-order chi connectivity index (χ0) is 20.4. The summed E-state index contributed by atoms with van der Waals surface area (Å²) >= 11 is 0. The van der Waals surface area contributed by atoms with Gasteiger partial charge in [-0.15, -0.1) is 0 Å². The van der Waals surface area contributed by atoms with Crippen molar-refractivity contribution in [3.8, 4) is 5.75 Å². The van der Waals surface area contributed by atoms with E-state index in [0.29, 0.717) is 12.5 Å². The second-order valence-electron chi connectivity index (χ2n) is 8.49. The fourth-order valence-electron chi connectivity index (χ4n) is 4.50. The van der Waals surface area contributed by atoms with Crippen molar-refractivity contribution >= 4 is 12.0 Å². The Balaban J connectivity index is 1.24. The van der Waals surface area contributed by atoms with Gasteiger partial charge in [-0.2, -0.15) is 0 Å². The van der Waals surface area contributed by atoms with Crippen molar-refractivity contribution in [2.45, 2.75) is 69.8 Å². The van der Waals surface area contributed by atoms with Gasteiger partial charge in [-0.1, -0.05) is 18.2 Å². The lowest BCUT2D eigenvalue weighted by Gasteiger charge is -2.19. The normalized spacial score (nSPS) is 30.7. The van der Waals surface area contributed by atoms with E-state index in [1.165, 1.54) is 0 Å². The molecule has 2 heterocycles. The fraction of sp³-hybridized carbons (Fsp3) is 0.619. The molecule has 8 nitrogen and oxygen atoms in total. The minimum Gasteiger partial charge on any atom is -0.492 e. The molecule has 29 heavy (non-hydrogen) atoms. The first kappa shape index (κ1) is 20.0. The molecule has 1 aromatic carbocycles. The van der Waals surface area contributed by atoms with Crippen LogP contribution >= 0.6 is 0 Å². The number of alkyl carbamates (subject to hydrolysis) is 1. The lowest BCUT2D eigenvalue weighted by atomic mass is 9.95. The molecule has 1 saturated carbocycles. The average molecular weight is 402 g/mol. The van der Waals surface area contributed by atoms with Gasteiger partial charge in [0.2, 0.25) is 5.91 Å². The molecular formula is C21H30N4O4. The third-order valence-corrected chi connectivity index (χ3v) is 5.94. The summed E-state index contributed by atoms with van der Waals surface area (Å²) in [4.78, 5) is 24.5. The van der Waals surface area contributed by atoms with Crippen LogP contribution in [0.1, 0.15) is 51.0 Å². The van der Waals surface area contributed by atoms with Crippen LogP contribution in [0.5, 0.6) is 5.75 Å². The van der Waals surface area contributed by atoms with Crippen LogP contribution in [0.15, 0.2) is 24.3 Å². The number of fused-ring (bicyclic) bond motifs is 1. The highest BCUT2D eigenvalue weighted by molar-refractivity contribution is 5.85. The third kappa shape index (κ3) is 4.64. The molecule has 5 atom stereocenters. The Hall–Kier alpha value is -2.32. The highest BCUT2D eigenvalue weighted by Gasteiger charge is 2.38. The van der Waals surface area contributed by atoms with Gasteiger partial charge in [0.1, 0.15) is 24.4 Å². The lowest BCUT2D eigenvalue weighted by molar-refractivity contribution is -0.123. The summed E-state index contributed by atoms with van der Waals surface area (Å²) < 4.78 is 11.1. The number of para-hydroxylation sites is 1. The van der Waals surface area contributed by atoms with E-state index in [-0.39, 0.29) is 42.3 Å². The molecule has 0 bridgehead atoms. The standard InChI is InChI=1S/C21H30N4O4/c1-12(2)22-21(27)29-14-8-7-13(9-14)17-10-19(25-24-17)23-20(26)16-11-28-18-6-4-3-5-15(16)18/h3-6,12-14,16-17,19,24-25H,7-11H2,1-2H3,(H,22,27)(H,23,26)/t13-,14+,16?,17?,19?/m0/s1. The first-order chi connectivity index (χ1) is 14.0. The van der Waals surface area contributed by atoms with E-state index in [2.05, 4.69) is 21.5 Å². The Morgan fingerprint density at radius 3 is 2.83 bits per heavy atom. The SMILES string of the molecule is CC(C)NC(=O)O[C@@H]1CC[C@H](C2CC(NC(=O)C3COc4ccccc43)NN2)C1. The van der Waals surface area contributed by atoms with Gasteiger partial charge in [-0.25, -0.2) is 10.2 Å². The minimum atomic E-state index is -0.340. The van der Waals surface area contributed by atoms with E-state index in [1.807, 2.05) is 38.1 Å². The highest BCUT2D eigenvalue weighted by atomic mass is 16.6. The Morgan fingerprint density at radius 1 is 1.17 bits per heavy atom. The molecule has 0 radical (unpaired) electrons. The first-order valence-electron chi connectivity index (χ1n) is 10.5. The van der Waals surface area contributed by atoms with Gasteiger partial charge in [-0.3, -0.25) is 10.2 Å². The topological polar surface area (TPSA) is 101 Å². The van der Waals surface area contributed by atoms with E-state index in [9.17, 15) is 9.59 Å². The number of carbonyl (C=O) groups excluding carboxylic acids is 2. The van der Waals surface area contributed by atoms with Crippen LogP contribution in [0.25, 0.3) is 0 Å². The fourth-order valence-corrected chi connectivity index (χ4v) is 4.50. The van der Waals surface area contributed by atoms with Gasteiger partial charge in [0.15, 0.2) is 0 Å². The van der Waals surface area contributed by atoms with Crippen molar-refractivity contribution in [1.29, 1.82) is 0 Å². The van der Waals surface area contributed by atoms with Gasteiger partial charge >= 0.3 is 6.09 Å². The van der Waals surface area contributed by atoms with Crippen LogP contribution in [0.3, 0.4) is 0 Å². The minimum absolute atomic E-state index is 0.0205. The number of rotatable bonds is 5. The molecule has 1 aromatic rings. The Kier molecular flexibility index (Phi) is 5.91. The monoisotopic (exact) mass is 402 g/mol. The molecule has 3 unspecified atom stereocenters. The average Bonchev–Trinajstić information content (AvgIpc) is 3.39. The van der Waals surface area contributed by atoms with Crippen molar-refractivity contribution in [2.75, 3.05) is 6.61 Å². The number of hydrazine groups is 1. The number of carbonyl (C=O) groups is 2. The molecule has 158 valence electrons. The van der Waals surface area contributed by atoms with Gasteiger partial charge in [-0.05, 0) is 51.5 Å². The zero-order valence-corrected chi connectivity index (χ0v) is 16.9.